The molecule has 1 heterocycles. The summed E-state index contributed by atoms with van der Waals surface area (Å²) < 4.78 is 1.85. The molecule has 0 saturated carbocycles. The van der Waals surface area contributed by atoms with Gasteiger partial charge in [-0.1, -0.05) is 19.1 Å². The van der Waals surface area contributed by atoms with E-state index in [-0.39, 0.29) is 6.03 Å². The summed E-state index contributed by atoms with van der Waals surface area (Å²) in [6.45, 7) is 3.52. The van der Waals surface area contributed by atoms with Gasteiger partial charge in [-0.3, -0.25) is 4.68 Å². The van der Waals surface area contributed by atoms with Gasteiger partial charge in [0.15, 0.2) is 0 Å². The Bertz CT molecular complexity index is 537. The molecule has 0 saturated heterocycles. The maximum atomic E-state index is 11.7. The third-order valence-electron chi connectivity index (χ3n) is 3.00. The lowest BCUT2D eigenvalue weighted by Crippen LogP contribution is -2.30. The molecule has 106 valence electrons. The Kier molecular flexibility index (Phi) is 5.17. The normalized spacial score (nSPS) is 10.2. The maximum absolute atomic E-state index is 11.7. The van der Waals surface area contributed by atoms with Crippen molar-refractivity contribution in [3.63, 3.8) is 0 Å². The minimum Gasteiger partial charge on any atom is -0.338 e. The molecule has 2 aromatic rings. The molecule has 0 spiro atoms. The van der Waals surface area contributed by atoms with Crippen molar-refractivity contribution in [2.75, 3.05) is 11.9 Å². The van der Waals surface area contributed by atoms with E-state index in [1.54, 1.807) is 6.20 Å². The first-order valence-corrected chi connectivity index (χ1v) is 6.89. The van der Waals surface area contributed by atoms with E-state index >= 15 is 0 Å². The van der Waals surface area contributed by atoms with E-state index in [1.807, 2.05) is 41.2 Å². The summed E-state index contributed by atoms with van der Waals surface area (Å²) in [4.78, 5) is 11.7. The SMILES string of the molecule is CCc1cccc(NC(=O)NCCCn2cccn2)c1. The first-order valence-electron chi connectivity index (χ1n) is 6.89. The van der Waals surface area contributed by atoms with Crippen LogP contribution in [0.1, 0.15) is 18.9 Å². The van der Waals surface area contributed by atoms with Crippen molar-refractivity contribution in [1.29, 1.82) is 0 Å². The molecule has 0 aliphatic carbocycles. The largest absolute Gasteiger partial charge is 0.338 e. The third-order valence-corrected chi connectivity index (χ3v) is 3.00. The zero-order valence-corrected chi connectivity index (χ0v) is 11.7. The van der Waals surface area contributed by atoms with Crippen molar-refractivity contribution >= 4 is 11.7 Å². The molecule has 5 heteroatoms. The topological polar surface area (TPSA) is 59.0 Å². The molecule has 2 amide bonds. The Balaban J connectivity index is 1.69. The van der Waals surface area contributed by atoms with Crippen LogP contribution in [0.25, 0.3) is 0 Å². The number of nitrogens with zero attached hydrogens (tertiary/aromatic N) is 2. The van der Waals surface area contributed by atoms with Crippen LogP contribution in [-0.2, 0) is 13.0 Å². The number of aromatic nitrogens is 2. The van der Waals surface area contributed by atoms with Gasteiger partial charge in [-0.2, -0.15) is 5.10 Å². The van der Waals surface area contributed by atoms with Crippen molar-refractivity contribution in [2.45, 2.75) is 26.3 Å². The molecule has 0 fully saturated rings. The fraction of sp³-hybridized carbons (Fsp3) is 0.333. The number of carbonyl (C=O) groups is 1. The van der Waals surface area contributed by atoms with Gasteiger partial charge in [0.1, 0.15) is 0 Å². The van der Waals surface area contributed by atoms with E-state index in [0.717, 1.165) is 25.1 Å². The molecule has 0 radical (unpaired) electrons. The second-order valence-corrected chi connectivity index (χ2v) is 4.56. The van der Waals surface area contributed by atoms with Crippen molar-refractivity contribution in [1.82, 2.24) is 15.1 Å². The Morgan fingerprint density at radius 2 is 2.25 bits per heavy atom. The lowest BCUT2D eigenvalue weighted by atomic mass is 10.1. The highest BCUT2D eigenvalue weighted by molar-refractivity contribution is 5.89. The van der Waals surface area contributed by atoms with Gasteiger partial charge in [-0.25, -0.2) is 4.79 Å². The monoisotopic (exact) mass is 272 g/mol. The summed E-state index contributed by atoms with van der Waals surface area (Å²) >= 11 is 0. The molecule has 0 aliphatic heterocycles. The van der Waals surface area contributed by atoms with Gasteiger partial charge in [0.25, 0.3) is 0 Å². The van der Waals surface area contributed by atoms with Crippen molar-refractivity contribution in [3.05, 3.63) is 48.3 Å². The number of nitrogens with one attached hydrogen (secondary N) is 2. The van der Waals surface area contributed by atoms with E-state index in [2.05, 4.69) is 22.7 Å². The second-order valence-electron chi connectivity index (χ2n) is 4.56. The molecular formula is C15H20N4O. The molecule has 5 nitrogen and oxygen atoms in total. The van der Waals surface area contributed by atoms with E-state index in [4.69, 9.17) is 0 Å². The van der Waals surface area contributed by atoms with Crippen LogP contribution in [0.2, 0.25) is 0 Å². The van der Waals surface area contributed by atoms with Crippen LogP contribution < -0.4 is 10.6 Å². The van der Waals surface area contributed by atoms with Gasteiger partial charge in [0.2, 0.25) is 0 Å². The lowest BCUT2D eigenvalue weighted by Gasteiger charge is -2.08. The predicted octanol–water partition coefficient (Wildman–Crippen LogP) is 2.66. The molecule has 0 aliphatic rings. The minimum absolute atomic E-state index is 0.168. The smallest absolute Gasteiger partial charge is 0.319 e. The van der Waals surface area contributed by atoms with Crippen LogP contribution in [0.15, 0.2) is 42.7 Å². The van der Waals surface area contributed by atoms with Crippen LogP contribution in [-0.4, -0.2) is 22.4 Å². The zero-order valence-electron chi connectivity index (χ0n) is 11.7. The van der Waals surface area contributed by atoms with Crippen molar-refractivity contribution in [3.8, 4) is 0 Å². The number of carbonyl (C=O) groups excluding carboxylic acids is 1. The second kappa shape index (κ2) is 7.33. The fourth-order valence-electron chi connectivity index (χ4n) is 1.92. The summed E-state index contributed by atoms with van der Waals surface area (Å²) in [5.74, 6) is 0. The first-order chi connectivity index (χ1) is 9.78. The number of urea groups is 1. The summed E-state index contributed by atoms with van der Waals surface area (Å²) in [7, 11) is 0. The fourth-order valence-corrected chi connectivity index (χ4v) is 1.92. The van der Waals surface area contributed by atoms with Gasteiger partial charge in [-0.05, 0) is 36.6 Å². The van der Waals surface area contributed by atoms with Crippen LogP contribution in [0.4, 0.5) is 10.5 Å². The predicted molar refractivity (Wildman–Crippen MR) is 79.7 cm³/mol. The molecule has 0 bridgehead atoms. The molecule has 2 N–H and O–H groups in total. The molecule has 2 rings (SSSR count). The number of aryl methyl sites for hydroxylation is 2. The van der Waals surface area contributed by atoms with E-state index in [9.17, 15) is 4.79 Å². The van der Waals surface area contributed by atoms with Crippen molar-refractivity contribution in [2.24, 2.45) is 0 Å². The highest BCUT2D eigenvalue weighted by Crippen LogP contribution is 2.10. The quantitative estimate of drug-likeness (QED) is 0.794. The van der Waals surface area contributed by atoms with E-state index in [1.165, 1.54) is 5.56 Å². The summed E-state index contributed by atoms with van der Waals surface area (Å²) in [6.07, 6.45) is 5.47. The zero-order chi connectivity index (χ0) is 14.2. The van der Waals surface area contributed by atoms with Gasteiger partial charge in [-0.15, -0.1) is 0 Å². The highest BCUT2D eigenvalue weighted by atomic mass is 16.2. The molecule has 20 heavy (non-hydrogen) atoms. The Labute approximate surface area is 119 Å². The van der Waals surface area contributed by atoms with Crippen LogP contribution in [0.5, 0.6) is 0 Å². The summed E-state index contributed by atoms with van der Waals surface area (Å²) in [5, 5.41) is 9.79. The number of anilines is 1. The Morgan fingerprint density at radius 3 is 3.00 bits per heavy atom. The Morgan fingerprint density at radius 1 is 1.35 bits per heavy atom. The van der Waals surface area contributed by atoms with Crippen molar-refractivity contribution < 1.29 is 4.79 Å². The average Bonchev–Trinajstić information content (AvgIpc) is 2.97. The standard InChI is InChI=1S/C15H20N4O/c1-2-13-6-3-7-14(12-13)18-15(20)16-8-4-10-19-11-5-9-17-19/h3,5-7,9,11-12H,2,4,8,10H2,1H3,(H2,16,18,20). The van der Waals surface area contributed by atoms with Gasteiger partial charge < -0.3 is 10.6 Å². The number of benzene rings is 1. The maximum Gasteiger partial charge on any atom is 0.319 e. The van der Waals surface area contributed by atoms with E-state index < -0.39 is 0 Å². The number of hydrogen-bond donors (Lipinski definition) is 2. The molecule has 1 aromatic heterocycles. The third kappa shape index (κ3) is 4.42. The number of amides is 2. The van der Waals surface area contributed by atoms with E-state index in [0.29, 0.717) is 6.54 Å². The van der Waals surface area contributed by atoms with Gasteiger partial charge in [0.05, 0.1) is 0 Å². The minimum atomic E-state index is -0.168. The molecule has 0 atom stereocenters. The van der Waals surface area contributed by atoms with Gasteiger partial charge >= 0.3 is 6.03 Å². The molecule has 1 aromatic carbocycles. The first kappa shape index (κ1) is 14.1. The van der Waals surface area contributed by atoms with Gasteiger partial charge in [0, 0.05) is 31.2 Å². The molecule has 0 unspecified atom stereocenters. The summed E-state index contributed by atoms with van der Waals surface area (Å²) in [5.41, 5.74) is 2.04. The number of hydrogen-bond acceptors (Lipinski definition) is 2. The Hall–Kier alpha value is -2.30. The molecular weight excluding hydrogens is 252 g/mol. The van der Waals surface area contributed by atoms with Crippen LogP contribution in [0, 0.1) is 0 Å². The number of rotatable bonds is 6. The lowest BCUT2D eigenvalue weighted by molar-refractivity contribution is 0.251. The summed E-state index contributed by atoms with van der Waals surface area (Å²) in [6, 6.07) is 9.60. The highest BCUT2D eigenvalue weighted by Gasteiger charge is 2.01. The van der Waals surface area contributed by atoms with Crippen LogP contribution >= 0.6 is 0 Å². The average molecular weight is 272 g/mol. The van der Waals surface area contributed by atoms with Crippen LogP contribution in [0.3, 0.4) is 0 Å².